The molecule has 5 nitrogen and oxygen atoms in total. The maximum atomic E-state index is 11.6. The predicted octanol–water partition coefficient (Wildman–Crippen LogP) is 3.74. The molecule has 7 heteroatoms. The predicted molar refractivity (Wildman–Crippen MR) is 159 cm³/mol. The molecule has 0 saturated heterocycles. The van der Waals surface area contributed by atoms with E-state index in [0.717, 1.165) is 29.9 Å². The van der Waals surface area contributed by atoms with Gasteiger partial charge in [-0.3, -0.25) is 4.79 Å². The summed E-state index contributed by atoms with van der Waals surface area (Å²) in [6, 6.07) is 16.9. The summed E-state index contributed by atoms with van der Waals surface area (Å²) in [5.41, 5.74) is 4.92. The Labute approximate surface area is 225 Å². The molecule has 0 amide bonds. The molecule has 0 bridgehead atoms. The van der Waals surface area contributed by atoms with Crippen LogP contribution in [0.25, 0.3) is 6.08 Å². The van der Waals surface area contributed by atoms with Gasteiger partial charge in [-0.25, -0.2) is 0 Å². The van der Waals surface area contributed by atoms with E-state index in [1.165, 1.54) is 26.7 Å². The Hall–Kier alpha value is -3.66. The number of aromatic hydroxyl groups is 3. The molecule has 3 aliphatic rings. The lowest BCUT2D eigenvalue weighted by molar-refractivity contribution is -0.110. The SMILES string of the molecule is CO.C[Si]1(C)C2=CC(=O)C=CC2=Cc2ccc(O)cc21.C[Si]1(C)c2cc(O)ccc2Cc2ccc(O)cc21. The van der Waals surface area contributed by atoms with Crippen molar-refractivity contribution >= 4 is 43.6 Å². The monoisotopic (exact) mass is 542 g/mol. The number of phenols is 3. The number of allylic oxidation sites excluding steroid dienone is 5. The van der Waals surface area contributed by atoms with Gasteiger partial charge in [0.1, 0.15) is 33.4 Å². The highest BCUT2D eigenvalue weighted by Gasteiger charge is 2.37. The lowest BCUT2D eigenvalue weighted by atomic mass is 10.0. The summed E-state index contributed by atoms with van der Waals surface area (Å²) in [6.07, 6.45) is 8.27. The molecule has 0 fully saturated rings. The topological polar surface area (TPSA) is 98.0 Å². The normalized spacial score (nSPS) is 17.1. The van der Waals surface area contributed by atoms with Crippen LogP contribution in [0.2, 0.25) is 26.2 Å². The van der Waals surface area contributed by atoms with E-state index in [1.807, 2.05) is 42.5 Å². The van der Waals surface area contributed by atoms with Crippen molar-refractivity contribution in [1.29, 1.82) is 0 Å². The summed E-state index contributed by atoms with van der Waals surface area (Å²) >= 11 is 0. The number of ketones is 1. The molecule has 2 heterocycles. The van der Waals surface area contributed by atoms with Gasteiger partial charge in [-0.1, -0.05) is 50.5 Å². The molecular weight excluding hydrogens is 509 g/mol. The Balaban J connectivity index is 0.000000166. The van der Waals surface area contributed by atoms with Crippen molar-refractivity contribution in [2.45, 2.75) is 32.6 Å². The van der Waals surface area contributed by atoms with Crippen LogP contribution in [0.5, 0.6) is 17.2 Å². The van der Waals surface area contributed by atoms with Crippen molar-refractivity contribution in [3.05, 3.63) is 100 Å². The van der Waals surface area contributed by atoms with E-state index >= 15 is 0 Å². The lowest BCUT2D eigenvalue weighted by Crippen LogP contribution is -2.58. The van der Waals surface area contributed by atoms with Crippen LogP contribution >= 0.6 is 0 Å². The zero-order valence-electron chi connectivity index (χ0n) is 22.4. The molecule has 0 atom stereocenters. The number of phenolic OH excluding ortho intramolecular Hbond substituents is 3. The van der Waals surface area contributed by atoms with Gasteiger partial charge in [0, 0.05) is 7.11 Å². The second kappa shape index (κ2) is 10.2. The van der Waals surface area contributed by atoms with E-state index in [-0.39, 0.29) is 5.78 Å². The maximum absolute atomic E-state index is 11.6. The average Bonchev–Trinajstić information content (AvgIpc) is 2.88. The second-order valence-electron chi connectivity index (χ2n) is 10.8. The Morgan fingerprint density at radius 2 is 1.13 bits per heavy atom. The third kappa shape index (κ3) is 4.92. The van der Waals surface area contributed by atoms with Crippen LogP contribution in [0.4, 0.5) is 0 Å². The van der Waals surface area contributed by atoms with Crippen LogP contribution in [-0.4, -0.2) is 49.5 Å². The molecule has 0 aromatic heterocycles. The lowest BCUT2D eigenvalue weighted by Gasteiger charge is -2.34. The number of carbonyl (C=O) groups excluding carboxylic acids is 1. The number of fused-ring (bicyclic) bond motifs is 4. The first-order chi connectivity index (χ1) is 18.0. The van der Waals surface area contributed by atoms with E-state index in [4.69, 9.17) is 5.11 Å². The quantitative estimate of drug-likeness (QED) is 0.325. The van der Waals surface area contributed by atoms with Crippen LogP contribution in [0, 0.1) is 0 Å². The smallest absolute Gasteiger partial charge is 0.178 e. The average molecular weight is 543 g/mol. The molecule has 2 aliphatic heterocycles. The standard InChI is InChI=1S/C15H16O2Si.C15H14O2Si.CH4O/c2*1-18(2)14-8-12(16)5-3-10(14)7-11-4-6-13(17)9-15(11)18;1-2/h3-6,8-9,16-17H,7H2,1-2H3;3-9,16H,1-2H3;2H,1H3. The molecule has 3 aromatic rings. The zero-order chi connectivity index (χ0) is 27.8. The van der Waals surface area contributed by atoms with Gasteiger partial charge in [0.2, 0.25) is 0 Å². The van der Waals surface area contributed by atoms with Gasteiger partial charge in [-0.05, 0) is 104 Å². The number of aliphatic hydroxyl groups is 1. The van der Waals surface area contributed by atoms with E-state index < -0.39 is 16.1 Å². The highest BCUT2D eigenvalue weighted by molar-refractivity contribution is 7.01. The minimum atomic E-state index is -1.89. The largest absolute Gasteiger partial charge is 0.508 e. The molecule has 196 valence electrons. The van der Waals surface area contributed by atoms with Crippen molar-refractivity contribution < 1.29 is 25.2 Å². The zero-order valence-corrected chi connectivity index (χ0v) is 24.4. The van der Waals surface area contributed by atoms with Crippen molar-refractivity contribution in [2.24, 2.45) is 0 Å². The minimum Gasteiger partial charge on any atom is -0.508 e. The summed E-state index contributed by atoms with van der Waals surface area (Å²) in [5.74, 6) is 1.02. The highest BCUT2D eigenvalue weighted by Crippen LogP contribution is 2.34. The first-order valence-electron chi connectivity index (χ1n) is 12.6. The number of hydrogen-bond acceptors (Lipinski definition) is 5. The molecule has 0 saturated carbocycles. The van der Waals surface area contributed by atoms with Crippen LogP contribution in [-0.2, 0) is 11.2 Å². The molecule has 38 heavy (non-hydrogen) atoms. The van der Waals surface area contributed by atoms with Crippen LogP contribution in [0.1, 0.15) is 16.7 Å². The van der Waals surface area contributed by atoms with E-state index in [1.54, 1.807) is 30.4 Å². The Bertz CT molecular complexity index is 1460. The summed E-state index contributed by atoms with van der Waals surface area (Å²) in [5, 5.41) is 41.0. The first kappa shape index (κ1) is 27.4. The third-order valence-corrected chi connectivity index (χ3v) is 14.8. The van der Waals surface area contributed by atoms with Crippen LogP contribution in [0.15, 0.2) is 83.6 Å². The van der Waals surface area contributed by atoms with Crippen molar-refractivity contribution in [2.75, 3.05) is 7.11 Å². The van der Waals surface area contributed by atoms with E-state index in [2.05, 4.69) is 32.3 Å². The molecular formula is C31H34O5Si2. The van der Waals surface area contributed by atoms with E-state index in [0.29, 0.717) is 17.2 Å². The van der Waals surface area contributed by atoms with Gasteiger partial charge >= 0.3 is 0 Å². The van der Waals surface area contributed by atoms with Gasteiger partial charge in [0.05, 0.1) is 0 Å². The number of carbonyl (C=O) groups is 1. The van der Waals surface area contributed by atoms with Crippen molar-refractivity contribution in [3.8, 4) is 17.2 Å². The molecule has 4 N–H and O–H groups in total. The molecule has 0 radical (unpaired) electrons. The second-order valence-corrected chi connectivity index (χ2v) is 19.4. The first-order valence-corrected chi connectivity index (χ1v) is 18.6. The van der Waals surface area contributed by atoms with Crippen molar-refractivity contribution in [3.63, 3.8) is 0 Å². The molecule has 3 aromatic carbocycles. The molecule has 1 aliphatic carbocycles. The maximum Gasteiger partial charge on any atom is 0.178 e. The highest BCUT2D eigenvalue weighted by atomic mass is 28.3. The Morgan fingerprint density at radius 3 is 1.68 bits per heavy atom. The fourth-order valence-corrected chi connectivity index (χ4v) is 12.0. The van der Waals surface area contributed by atoms with Crippen LogP contribution < -0.4 is 15.6 Å². The fourth-order valence-electron chi connectivity index (χ4n) is 5.68. The van der Waals surface area contributed by atoms with Gasteiger partial charge in [-0.2, -0.15) is 0 Å². The number of hydrogen-bond donors (Lipinski definition) is 4. The number of rotatable bonds is 0. The number of aliphatic hydroxyl groups excluding tert-OH is 1. The Morgan fingerprint density at radius 1 is 0.632 bits per heavy atom. The minimum absolute atomic E-state index is 0.0614. The fraction of sp³-hybridized carbons (Fsp3) is 0.194. The van der Waals surface area contributed by atoms with Gasteiger partial charge in [0.25, 0.3) is 0 Å². The van der Waals surface area contributed by atoms with Crippen molar-refractivity contribution in [1.82, 2.24) is 0 Å². The van der Waals surface area contributed by atoms with Gasteiger partial charge < -0.3 is 20.4 Å². The summed E-state index contributed by atoms with van der Waals surface area (Å²) in [7, 11) is -2.70. The van der Waals surface area contributed by atoms with Crippen LogP contribution in [0.3, 0.4) is 0 Å². The third-order valence-electron chi connectivity index (χ3n) is 7.63. The summed E-state index contributed by atoms with van der Waals surface area (Å²) in [6.45, 7) is 8.97. The van der Waals surface area contributed by atoms with Gasteiger partial charge in [0.15, 0.2) is 5.78 Å². The molecule has 6 rings (SSSR count). The van der Waals surface area contributed by atoms with E-state index in [9.17, 15) is 20.1 Å². The summed E-state index contributed by atoms with van der Waals surface area (Å²) in [4.78, 5) is 11.6. The molecule has 0 spiro atoms. The summed E-state index contributed by atoms with van der Waals surface area (Å²) < 4.78 is 0. The Kier molecular flexibility index (Phi) is 7.38. The number of benzene rings is 3. The van der Waals surface area contributed by atoms with Gasteiger partial charge in [-0.15, -0.1) is 0 Å². The molecule has 0 unspecified atom stereocenters.